The van der Waals surface area contributed by atoms with E-state index in [0.29, 0.717) is 18.2 Å². The average molecular weight is 317 g/mol. The van der Waals surface area contributed by atoms with Gasteiger partial charge in [0.1, 0.15) is 10.7 Å². The van der Waals surface area contributed by atoms with Crippen LogP contribution in [0.15, 0.2) is 17.0 Å². The van der Waals surface area contributed by atoms with Gasteiger partial charge in [-0.25, -0.2) is 17.5 Å². The third-order valence-electron chi connectivity index (χ3n) is 3.71. The maximum atomic E-state index is 13.8. The van der Waals surface area contributed by atoms with Gasteiger partial charge in [-0.1, -0.05) is 6.92 Å². The van der Waals surface area contributed by atoms with E-state index in [4.69, 9.17) is 5.73 Å². The molecule has 0 saturated heterocycles. The van der Waals surface area contributed by atoms with Crippen LogP contribution in [-0.4, -0.2) is 39.5 Å². The van der Waals surface area contributed by atoms with Crippen molar-refractivity contribution in [3.05, 3.63) is 23.5 Å². The summed E-state index contributed by atoms with van der Waals surface area (Å²) in [5.74, 6) is -0.788. The fourth-order valence-corrected chi connectivity index (χ4v) is 2.95. The quantitative estimate of drug-likeness (QED) is 0.751. The minimum absolute atomic E-state index is 0.219. The molecule has 1 atom stereocenters. The normalized spacial score (nSPS) is 13.6. The number of benzene rings is 1. The lowest BCUT2D eigenvalue weighted by Crippen LogP contribution is -2.37. The number of nitrogens with one attached hydrogen (secondary N) is 1. The summed E-state index contributed by atoms with van der Waals surface area (Å²) < 4.78 is 40.4. The van der Waals surface area contributed by atoms with Crippen molar-refractivity contribution < 1.29 is 12.8 Å². The van der Waals surface area contributed by atoms with Crippen molar-refractivity contribution in [2.24, 2.45) is 0 Å². The van der Waals surface area contributed by atoms with Crippen LogP contribution in [0.5, 0.6) is 0 Å². The Morgan fingerprint density at radius 3 is 2.62 bits per heavy atom. The zero-order chi connectivity index (χ0) is 16.2. The van der Waals surface area contributed by atoms with E-state index in [-0.39, 0.29) is 12.2 Å². The first kappa shape index (κ1) is 17.9. The Kier molecular flexibility index (Phi) is 6.12. The lowest BCUT2D eigenvalue weighted by atomic mass is 10.2. The van der Waals surface area contributed by atoms with Gasteiger partial charge in [0.25, 0.3) is 0 Å². The molecule has 1 aromatic carbocycles. The number of anilines is 1. The van der Waals surface area contributed by atoms with Crippen LogP contribution in [0.4, 0.5) is 10.1 Å². The molecule has 0 aliphatic carbocycles. The van der Waals surface area contributed by atoms with Crippen molar-refractivity contribution in [3.63, 3.8) is 0 Å². The number of hydrogen-bond donors (Lipinski definition) is 2. The molecule has 5 nitrogen and oxygen atoms in total. The third kappa shape index (κ3) is 4.66. The summed E-state index contributed by atoms with van der Waals surface area (Å²) in [4.78, 5) is 1.64. The second-order valence-electron chi connectivity index (χ2n) is 5.27. The van der Waals surface area contributed by atoms with Gasteiger partial charge in [-0.2, -0.15) is 0 Å². The molecule has 0 heterocycles. The van der Waals surface area contributed by atoms with Crippen LogP contribution in [0.1, 0.15) is 25.8 Å². The number of aryl methyl sites for hydroxylation is 1. The molecule has 0 radical (unpaired) electrons. The summed E-state index contributed by atoms with van der Waals surface area (Å²) in [6.07, 6.45) is 0.979. The van der Waals surface area contributed by atoms with E-state index in [9.17, 15) is 12.8 Å². The van der Waals surface area contributed by atoms with Crippen molar-refractivity contribution in [2.75, 3.05) is 25.9 Å². The first-order valence-corrected chi connectivity index (χ1v) is 8.43. The van der Waals surface area contributed by atoms with Gasteiger partial charge in [0.2, 0.25) is 10.0 Å². The third-order valence-corrected chi connectivity index (χ3v) is 5.19. The number of hydrogen-bond acceptors (Lipinski definition) is 4. The summed E-state index contributed by atoms with van der Waals surface area (Å²) in [6, 6.07) is 2.65. The number of nitrogen functional groups attached to an aromatic ring is 1. The number of rotatable bonds is 7. The van der Waals surface area contributed by atoms with Gasteiger partial charge >= 0.3 is 0 Å². The van der Waals surface area contributed by atoms with Crippen LogP contribution >= 0.6 is 0 Å². The highest BCUT2D eigenvalue weighted by Crippen LogP contribution is 2.21. The molecule has 0 aliphatic rings. The number of halogens is 1. The second-order valence-corrected chi connectivity index (χ2v) is 7.01. The molecule has 1 aromatic rings. The molecule has 0 saturated carbocycles. The predicted molar refractivity (Wildman–Crippen MR) is 83.1 cm³/mol. The molecule has 1 unspecified atom stereocenters. The highest BCUT2D eigenvalue weighted by atomic mass is 32.2. The SMILES string of the molecule is CCC(C)N(C)CCNS(=O)(=O)c1cc(N)c(C)cc1F. The van der Waals surface area contributed by atoms with Crippen molar-refractivity contribution in [1.29, 1.82) is 0 Å². The molecule has 0 aliphatic heterocycles. The van der Waals surface area contributed by atoms with Crippen molar-refractivity contribution in [2.45, 2.75) is 38.1 Å². The number of nitrogens with zero attached hydrogens (tertiary/aromatic N) is 1. The summed E-state index contributed by atoms with van der Waals surface area (Å²) in [7, 11) is -1.97. The fourth-order valence-electron chi connectivity index (χ4n) is 1.84. The first-order valence-electron chi connectivity index (χ1n) is 6.94. The van der Waals surface area contributed by atoms with Crippen molar-refractivity contribution in [1.82, 2.24) is 9.62 Å². The van der Waals surface area contributed by atoms with Gasteiger partial charge in [-0.3, -0.25) is 0 Å². The van der Waals surface area contributed by atoms with Gasteiger partial charge in [0.15, 0.2) is 0 Å². The molecule has 0 aromatic heterocycles. The van der Waals surface area contributed by atoms with Crippen LogP contribution in [0, 0.1) is 12.7 Å². The number of nitrogens with two attached hydrogens (primary N) is 1. The molecular formula is C14H24FN3O2S. The Morgan fingerprint density at radius 1 is 1.43 bits per heavy atom. The minimum atomic E-state index is -3.89. The van der Waals surface area contributed by atoms with Gasteiger partial charge in [-0.15, -0.1) is 0 Å². The first-order chi connectivity index (χ1) is 9.69. The molecule has 0 bridgehead atoms. The van der Waals surface area contributed by atoms with Crippen LogP contribution in [-0.2, 0) is 10.0 Å². The molecule has 21 heavy (non-hydrogen) atoms. The Labute approximate surface area is 126 Å². The summed E-state index contributed by atoms with van der Waals surface area (Å²) in [6.45, 7) is 6.53. The largest absolute Gasteiger partial charge is 0.398 e. The molecule has 0 amide bonds. The monoisotopic (exact) mass is 317 g/mol. The topological polar surface area (TPSA) is 75.4 Å². The Bertz CT molecular complexity index is 590. The molecule has 3 N–H and O–H groups in total. The second kappa shape index (κ2) is 7.20. The predicted octanol–water partition coefficient (Wildman–Crippen LogP) is 1.72. The van der Waals surface area contributed by atoms with E-state index in [1.165, 1.54) is 0 Å². The average Bonchev–Trinajstić information content (AvgIpc) is 2.41. The minimum Gasteiger partial charge on any atom is -0.398 e. The van der Waals surface area contributed by atoms with Crippen LogP contribution in [0.3, 0.4) is 0 Å². The molecular weight excluding hydrogens is 293 g/mol. The maximum absolute atomic E-state index is 13.8. The molecule has 1 rings (SSSR count). The lowest BCUT2D eigenvalue weighted by Gasteiger charge is -2.23. The fraction of sp³-hybridized carbons (Fsp3) is 0.571. The zero-order valence-corrected chi connectivity index (χ0v) is 13.8. The van der Waals surface area contributed by atoms with E-state index in [0.717, 1.165) is 18.6 Å². The van der Waals surface area contributed by atoms with Crippen LogP contribution < -0.4 is 10.5 Å². The van der Waals surface area contributed by atoms with Gasteiger partial charge in [0, 0.05) is 24.8 Å². The highest BCUT2D eigenvalue weighted by Gasteiger charge is 2.20. The van der Waals surface area contributed by atoms with E-state index >= 15 is 0 Å². The Balaban J connectivity index is 2.77. The smallest absolute Gasteiger partial charge is 0.243 e. The van der Waals surface area contributed by atoms with E-state index < -0.39 is 20.7 Å². The van der Waals surface area contributed by atoms with E-state index in [1.54, 1.807) is 6.92 Å². The van der Waals surface area contributed by atoms with Gasteiger partial charge in [-0.05, 0) is 45.0 Å². The van der Waals surface area contributed by atoms with Crippen LogP contribution in [0.2, 0.25) is 0 Å². The maximum Gasteiger partial charge on any atom is 0.243 e. The lowest BCUT2D eigenvalue weighted by molar-refractivity contribution is 0.256. The van der Waals surface area contributed by atoms with Crippen molar-refractivity contribution in [3.8, 4) is 0 Å². The van der Waals surface area contributed by atoms with Crippen LogP contribution in [0.25, 0.3) is 0 Å². The Morgan fingerprint density at radius 2 is 2.05 bits per heavy atom. The summed E-state index contributed by atoms with van der Waals surface area (Å²) in [5, 5.41) is 0. The van der Waals surface area contributed by atoms with Gasteiger partial charge in [0.05, 0.1) is 0 Å². The van der Waals surface area contributed by atoms with Crippen molar-refractivity contribution >= 4 is 15.7 Å². The highest BCUT2D eigenvalue weighted by molar-refractivity contribution is 7.89. The number of sulfonamides is 1. The summed E-state index contributed by atoms with van der Waals surface area (Å²) in [5.41, 5.74) is 6.43. The van der Waals surface area contributed by atoms with Gasteiger partial charge < -0.3 is 10.6 Å². The van der Waals surface area contributed by atoms with E-state index in [2.05, 4.69) is 18.6 Å². The number of likely N-dealkylation sites (N-methyl/N-ethyl adjacent to an activating group) is 1. The molecule has 0 spiro atoms. The summed E-state index contributed by atoms with van der Waals surface area (Å²) >= 11 is 0. The molecule has 120 valence electrons. The van der Waals surface area contributed by atoms with E-state index in [1.807, 2.05) is 11.9 Å². The zero-order valence-electron chi connectivity index (χ0n) is 13.0. The molecule has 7 heteroatoms. The Hall–Kier alpha value is -1.18. The molecule has 0 fully saturated rings. The standard InChI is InChI=1S/C14H24FN3O2S/c1-5-11(3)18(4)7-6-17-21(19,20)14-9-13(16)10(2)8-12(14)15/h8-9,11,17H,5-7,16H2,1-4H3.